The molecule has 0 radical (unpaired) electrons. The van der Waals surface area contributed by atoms with Crippen molar-refractivity contribution >= 4 is 0 Å². The molecule has 2 aliphatic heterocycles. The monoisotopic (exact) mass is 388 g/mol. The number of rotatable bonds is 7. The highest BCUT2D eigenvalue weighted by Gasteiger charge is 2.31. The van der Waals surface area contributed by atoms with E-state index in [0.29, 0.717) is 19.7 Å². The number of halogens is 3. The second-order valence-corrected chi connectivity index (χ2v) is 6.34. The fourth-order valence-corrected chi connectivity index (χ4v) is 2.86. The highest BCUT2D eigenvalue weighted by molar-refractivity contribution is 5.29. The summed E-state index contributed by atoms with van der Waals surface area (Å²) in [4.78, 5) is 0. The van der Waals surface area contributed by atoms with Crippen molar-refractivity contribution in [2.75, 3.05) is 26.3 Å². The molecule has 1 fully saturated rings. The van der Waals surface area contributed by atoms with Crippen LogP contribution >= 0.6 is 0 Å². The standard InChI is InChI=1S/C17H23F3N4O3/c18-17(19,20)27-14-7-5-13(6-8-14)15-12-21-24(23-22-15)9-3-11-26-16-4-1-2-10-25-16/h5-8,15-16,21H,1-4,9-12H2. The van der Waals surface area contributed by atoms with Crippen molar-refractivity contribution in [3.63, 3.8) is 0 Å². The van der Waals surface area contributed by atoms with Crippen LogP contribution in [0.1, 0.15) is 37.3 Å². The summed E-state index contributed by atoms with van der Waals surface area (Å²) in [6.45, 7) is 2.50. The van der Waals surface area contributed by atoms with Crippen LogP contribution in [0.2, 0.25) is 0 Å². The SMILES string of the molecule is FC(F)(F)Oc1ccc(C2CNN(CCCOC3CCCCO3)N=N2)cc1. The molecule has 150 valence electrons. The molecule has 0 saturated carbocycles. The van der Waals surface area contributed by atoms with Crippen LogP contribution in [-0.2, 0) is 9.47 Å². The molecule has 1 saturated heterocycles. The molecule has 2 atom stereocenters. The molecule has 27 heavy (non-hydrogen) atoms. The number of nitrogens with one attached hydrogen (secondary N) is 1. The first-order valence-corrected chi connectivity index (χ1v) is 9.00. The summed E-state index contributed by atoms with van der Waals surface area (Å²) in [6.07, 6.45) is -0.839. The van der Waals surface area contributed by atoms with Gasteiger partial charge < -0.3 is 14.2 Å². The molecule has 2 unspecified atom stereocenters. The van der Waals surface area contributed by atoms with Crippen molar-refractivity contribution < 1.29 is 27.4 Å². The van der Waals surface area contributed by atoms with E-state index in [4.69, 9.17) is 9.47 Å². The van der Waals surface area contributed by atoms with Crippen molar-refractivity contribution in [1.82, 2.24) is 10.5 Å². The summed E-state index contributed by atoms with van der Waals surface area (Å²) in [5.41, 5.74) is 3.90. The molecule has 10 heteroatoms. The molecule has 1 aromatic carbocycles. The fourth-order valence-electron chi connectivity index (χ4n) is 2.86. The molecular formula is C17H23F3N4O3. The number of ether oxygens (including phenoxy) is 3. The van der Waals surface area contributed by atoms with Gasteiger partial charge in [-0.3, -0.25) is 0 Å². The average molecular weight is 388 g/mol. The molecule has 0 aromatic heterocycles. The maximum absolute atomic E-state index is 12.2. The minimum Gasteiger partial charge on any atom is -0.406 e. The van der Waals surface area contributed by atoms with Gasteiger partial charge in [-0.05, 0) is 43.4 Å². The van der Waals surface area contributed by atoms with Crippen molar-refractivity contribution in [2.24, 2.45) is 10.3 Å². The van der Waals surface area contributed by atoms with Crippen LogP contribution in [0.5, 0.6) is 5.75 Å². The number of benzene rings is 1. The number of hydrazine groups is 1. The van der Waals surface area contributed by atoms with E-state index in [-0.39, 0.29) is 18.1 Å². The molecule has 0 aliphatic carbocycles. The molecule has 0 amide bonds. The van der Waals surface area contributed by atoms with Crippen LogP contribution in [0.15, 0.2) is 34.6 Å². The highest BCUT2D eigenvalue weighted by atomic mass is 19.4. The van der Waals surface area contributed by atoms with Crippen LogP contribution in [0, 0.1) is 0 Å². The van der Waals surface area contributed by atoms with E-state index in [9.17, 15) is 13.2 Å². The third kappa shape index (κ3) is 6.64. The van der Waals surface area contributed by atoms with Gasteiger partial charge in [-0.25, -0.2) is 10.5 Å². The Balaban J connectivity index is 1.39. The van der Waals surface area contributed by atoms with E-state index >= 15 is 0 Å². The van der Waals surface area contributed by atoms with E-state index < -0.39 is 6.36 Å². The molecule has 0 spiro atoms. The summed E-state index contributed by atoms with van der Waals surface area (Å²) >= 11 is 0. The lowest BCUT2D eigenvalue weighted by atomic mass is 10.1. The zero-order valence-electron chi connectivity index (χ0n) is 14.8. The van der Waals surface area contributed by atoms with Gasteiger partial charge in [0, 0.05) is 13.2 Å². The number of hydrogen-bond donors (Lipinski definition) is 1. The van der Waals surface area contributed by atoms with Gasteiger partial charge in [0.1, 0.15) is 11.8 Å². The number of nitrogens with zero attached hydrogens (tertiary/aromatic N) is 3. The Kier molecular flexibility index (Phi) is 6.86. The summed E-state index contributed by atoms with van der Waals surface area (Å²) in [7, 11) is 0. The van der Waals surface area contributed by atoms with Gasteiger partial charge in [0.05, 0.1) is 13.2 Å². The predicted molar refractivity (Wildman–Crippen MR) is 89.6 cm³/mol. The van der Waals surface area contributed by atoms with Crippen LogP contribution in [0.3, 0.4) is 0 Å². The molecule has 0 bridgehead atoms. The Morgan fingerprint density at radius 3 is 2.67 bits per heavy atom. The Hall–Kier alpha value is -1.91. The largest absolute Gasteiger partial charge is 0.573 e. The molecule has 7 nitrogen and oxygen atoms in total. The first kappa shape index (κ1) is 19.8. The smallest absolute Gasteiger partial charge is 0.406 e. The van der Waals surface area contributed by atoms with Crippen molar-refractivity contribution in [3.8, 4) is 5.75 Å². The zero-order chi connectivity index (χ0) is 19.1. The molecule has 3 rings (SSSR count). The normalized spacial score (nSPS) is 23.4. The fraction of sp³-hybridized carbons (Fsp3) is 0.647. The van der Waals surface area contributed by atoms with Crippen molar-refractivity contribution in [2.45, 2.75) is 44.4 Å². The summed E-state index contributed by atoms with van der Waals surface area (Å²) in [6, 6.07) is 5.40. The van der Waals surface area contributed by atoms with Gasteiger partial charge in [0.15, 0.2) is 6.29 Å². The first-order valence-electron chi connectivity index (χ1n) is 9.00. The first-order chi connectivity index (χ1) is 13.0. The van der Waals surface area contributed by atoms with Crippen LogP contribution in [0.4, 0.5) is 13.2 Å². The molecule has 1 aromatic rings. The van der Waals surface area contributed by atoms with E-state index in [1.807, 2.05) is 0 Å². The Labute approximate surface area is 155 Å². The van der Waals surface area contributed by atoms with Gasteiger partial charge >= 0.3 is 6.36 Å². The lowest BCUT2D eigenvalue weighted by molar-refractivity contribution is -0.274. The number of hydrogen-bond acceptors (Lipinski definition) is 7. The Bertz CT molecular complexity index is 606. The van der Waals surface area contributed by atoms with Crippen LogP contribution in [0.25, 0.3) is 0 Å². The van der Waals surface area contributed by atoms with E-state index in [0.717, 1.165) is 37.9 Å². The van der Waals surface area contributed by atoms with Gasteiger partial charge in [-0.1, -0.05) is 17.4 Å². The second kappa shape index (κ2) is 9.34. The quantitative estimate of drug-likeness (QED) is 0.721. The lowest BCUT2D eigenvalue weighted by Crippen LogP contribution is -2.40. The third-order valence-corrected chi connectivity index (χ3v) is 4.22. The van der Waals surface area contributed by atoms with Crippen molar-refractivity contribution in [1.29, 1.82) is 0 Å². The highest BCUT2D eigenvalue weighted by Crippen LogP contribution is 2.26. The predicted octanol–water partition coefficient (Wildman–Crippen LogP) is 3.75. The second-order valence-electron chi connectivity index (χ2n) is 6.34. The van der Waals surface area contributed by atoms with Gasteiger partial charge in [-0.15, -0.1) is 13.2 Å². The minimum absolute atomic E-state index is 0.0941. The van der Waals surface area contributed by atoms with E-state index in [1.54, 1.807) is 17.3 Å². The zero-order valence-corrected chi connectivity index (χ0v) is 14.8. The summed E-state index contributed by atoms with van der Waals surface area (Å²) in [5.74, 6) is -0.254. The van der Waals surface area contributed by atoms with Crippen molar-refractivity contribution in [3.05, 3.63) is 29.8 Å². The lowest BCUT2D eigenvalue weighted by Gasteiger charge is -2.27. The van der Waals surface area contributed by atoms with E-state index in [2.05, 4.69) is 20.5 Å². The Morgan fingerprint density at radius 1 is 1.22 bits per heavy atom. The third-order valence-electron chi connectivity index (χ3n) is 4.22. The topological polar surface area (TPSA) is 67.7 Å². The minimum atomic E-state index is -4.69. The maximum Gasteiger partial charge on any atom is 0.573 e. The van der Waals surface area contributed by atoms with Gasteiger partial charge in [-0.2, -0.15) is 5.11 Å². The molecular weight excluding hydrogens is 365 g/mol. The molecule has 2 aliphatic rings. The molecule has 1 N–H and O–H groups in total. The molecule has 2 heterocycles. The van der Waals surface area contributed by atoms with Crippen LogP contribution < -0.4 is 10.2 Å². The average Bonchev–Trinajstić information content (AvgIpc) is 2.66. The number of alkyl halides is 3. The van der Waals surface area contributed by atoms with Gasteiger partial charge in [0.2, 0.25) is 0 Å². The summed E-state index contributed by atoms with van der Waals surface area (Å²) < 4.78 is 51.6. The van der Waals surface area contributed by atoms with E-state index in [1.165, 1.54) is 12.1 Å². The maximum atomic E-state index is 12.2. The van der Waals surface area contributed by atoms with Gasteiger partial charge in [0.25, 0.3) is 0 Å². The summed E-state index contributed by atoms with van der Waals surface area (Å²) in [5, 5.41) is 9.96. The van der Waals surface area contributed by atoms with Crippen LogP contribution in [-0.4, -0.2) is 44.1 Å². The Morgan fingerprint density at radius 2 is 2.04 bits per heavy atom.